The van der Waals surface area contributed by atoms with E-state index in [4.69, 9.17) is 20.6 Å². The first-order valence-electron chi connectivity index (χ1n) is 6.39. The Hall–Kier alpha value is -1.55. The SMILES string of the molecule is CCCCCOCCOc1ccc(C(=N)N)cc1. The quantitative estimate of drug-likeness (QED) is 0.402. The molecule has 0 bridgehead atoms. The molecule has 0 heterocycles. The van der Waals surface area contributed by atoms with Crippen molar-refractivity contribution < 1.29 is 9.47 Å². The number of nitrogens with one attached hydrogen (secondary N) is 1. The minimum atomic E-state index is 0.0702. The average molecular weight is 250 g/mol. The molecular weight excluding hydrogens is 228 g/mol. The molecule has 0 saturated carbocycles. The predicted molar refractivity (Wildman–Crippen MR) is 73.3 cm³/mol. The minimum Gasteiger partial charge on any atom is -0.491 e. The van der Waals surface area contributed by atoms with Crippen LogP contribution in [0.2, 0.25) is 0 Å². The van der Waals surface area contributed by atoms with E-state index in [1.807, 2.05) is 12.1 Å². The van der Waals surface area contributed by atoms with Crippen LogP contribution in [-0.4, -0.2) is 25.7 Å². The van der Waals surface area contributed by atoms with Crippen LogP contribution in [0.25, 0.3) is 0 Å². The number of nitrogens with two attached hydrogens (primary N) is 1. The van der Waals surface area contributed by atoms with Crippen LogP contribution in [0.15, 0.2) is 24.3 Å². The molecule has 0 amide bonds. The molecule has 3 N–H and O–H groups in total. The summed E-state index contributed by atoms with van der Waals surface area (Å²) in [6, 6.07) is 7.18. The third-order valence-electron chi connectivity index (χ3n) is 2.55. The lowest BCUT2D eigenvalue weighted by Crippen LogP contribution is -2.11. The first-order chi connectivity index (χ1) is 8.74. The van der Waals surface area contributed by atoms with Gasteiger partial charge >= 0.3 is 0 Å². The maximum Gasteiger partial charge on any atom is 0.122 e. The largest absolute Gasteiger partial charge is 0.491 e. The van der Waals surface area contributed by atoms with E-state index in [9.17, 15) is 0 Å². The molecule has 0 aliphatic carbocycles. The van der Waals surface area contributed by atoms with Crippen molar-refractivity contribution >= 4 is 5.84 Å². The lowest BCUT2D eigenvalue weighted by molar-refractivity contribution is 0.0973. The highest BCUT2D eigenvalue weighted by atomic mass is 16.5. The molecule has 1 aromatic carbocycles. The predicted octanol–water partition coefficient (Wildman–Crippen LogP) is 2.56. The summed E-state index contributed by atoms with van der Waals surface area (Å²) in [6.45, 7) is 4.14. The normalized spacial score (nSPS) is 10.3. The first kappa shape index (κ1) is 14.5. The summed E-state index contributed by atoms with van der Waals surface area (Å²) in [4.78, 5) is 0. The van der Waals surface area contributed by atoms with E-state index < -0.39 is 0 Å². The van der Waals surface area contributed by atoms with Gasteiger partial charge in [-0.3, -0.25) is 5.41 Å². The summed E-state index contributed by atoms with van der Waals surface area (Å²) in [5.74, 6) is 0.845. The van der Waals surface area contributed by atoms with Gasteiger partial charge in [0.1, 0.15) is 18.2 Å². The first-order valence-corrected chi connectivity index (χ1v) is 6.39. The molecule has 4 nitrogen and oxygen atoms in total. The van der Waals surface area contributed by atoms with Crippen LogP contribution in [-0.2, 0) is 4.74 Å². The molecule has 0 aliphatic heterocycles. The van der Waals surface area contributed by atoms with Crippen molar-refractivity contribution in [3.8, 4) is 5.75 Å². The van der Waals surface area contributed by atoms with Gasteiger partial charge in [0.25, 0.3) is 0 Å². The fourth-order valence-corrected chi connectivity index (χ4v) is 1.51. The van der Waals surface area contributed by atoms with Crippen LogP contribution >= 0.6 is 0 Å². The van der Waals surface area contributed by atoms with Crippen LogP contribution in [0.4, 0.5) is 0 Å². The third-order valence-corrected chi connectivity index (χ3v) is 2.55. The Bertz CT molecular complexity index is 349. The molecule has 0 aliphatic rings. The topological polar surface area (TPSA) is 68.3 Å². The molecule has 0 atom stereocenters. The van der Waals surface area contributed by atoms with Crippen LogP contribution in [0, 0.1) is 5.41 Å². The van der Waals surface area contributed by atoms with Crippen molar-refractivity contribution in [3.63, 3.8) is 0 Å². The molecule has 0 aromatic heterocycles. The number of nitrogen functional groups attached to an aromatic ring is 1. The van der Waals surface area contributed by atoms with Gasteiger partial charge in [-0.2, -0.15) is 0 Å². The lowest BCUT2D eigenvalue weighted by Gasteiger charge is -2.07. The van der Waals surface area contributed by atoms with Gasteiger partial charge in [0, 0.05) is 12.2 Å². The summed E-state index contributed by atoms with van der Waals surface area (Å²) in [7, 11) is 0. The van der Waals surface area contributed by atoms with Crippen LogP contribution < -0.4 is 10.5 Å². The standard InChI is InChI=1S/C14H22N2O2/c1-2-3-4-9-17-10-11-18-13-7-5-12(6-8-13)14(15)16/h5-8H,2-4,9-11H2,1H3,(H3,15,16). The van der Waals surface area contributed by atoms with Crippen molar-refractivity contribution in [1.82, 2.24) is 0 Å². The molecular formula is C14H22N2O2. The van der Waals surface area contributed by atoms with Gasteiger partial charge in [-0.25, -0.2) is 0 Å². The van der Waals surface area contributed by atoms with Crippen LogP contribution in [0.1, 0.15) is 31.7 Å². The lowest BCUT2D eigenvalue weighted by atomic mass is 10.2. The van der Waals surface area contributed by atoms with Gasteiger partial charge in [0.15, 0.2) is 0 Å². The van der Waals surface area contributed by atoms with Crippen molar-refractivity contribution in [2.45, 2.75) is 26.2 Å². The fraction of sp³-hybridized carbons (Fsp3) is 0.500. The number of benzene rings is 1. The summed E-state index contributed by atoms with van der Waals surface area (Å²) in [5.41, 5.74) is 6.07. The fourth-order valence-electron chi connectivity index (χ4n) is 1.51. The van der Waals surface area contributed by atoms with Crippen molar-refractivity contribution in [1.29, 1.82) is 5.41 Å². The Labute approximate surface area is 109 Å². The highest BCUT2D eigenvalue weighted by Gasteiger charge is 1.97. The van der Waals surface area contributed by atoms with Gasteiger partial charge in [-0.1, -0.05) is 19.8 Å². The number of hydrogen-bond donors (Lipinski definition) is 2. The number of hydrogen-bond acceptors (Lipinski definition) is 3. The number of unbranched alkanes of at least 4 members (excludes halogenated alkanes) is 2. The van der Waals surface area contributed by atoms with Crippen molar-refractivity contribution in [2.75, 3.05) is 19.8 Å². The molecule has 0 saturated heterocycles. The third kappa shape index (κ3) is 5.68. The van der Waals surface area contributed by atoms with Crippen LogP contribution in [0.5, 0.6) is 5.75 Å². The molecule has 100 valence electrons. The number of amidine groups is 1. The highest BCUT2D eigenvalue weighted by Crippen LogP contribution is 2.11. The Morgan fingerprint density at radius 2 is 1.83 bits per heavy atom. The van der Waals surface area contributed by atoms with Crippen LogP contribution in [0.3, 0.4) is 0 Å². The van der Waals surface area contributed by atoms with E-state index in [0.29, 0.717) is 18.8 Å². The van der Waals surface area contributed by atoms with E-state index in [0.717, 1.165) is 18.8 Å². The zero-order chi connectivity index (χ0) is 13.2. The number of ether oxygens (including phenoxy) is 2. The zero-order valence-corrected chi connectivity index (χ0v) is 10.9. The van der Waals surface area contributed by atoms with E-state index >= 15 is 0 Å². The maximum atomic E-state index is 7.27. The molecule has 4 heteroatoms. The van der Waals surface area contributed by atoms with E-state index in [1.54, 1.807) is 12.1 Å². The Balaban J connectivity index is 2.14. The minimum absolute atomic E-state index is 0.0702. The molecule has 0 fully saturated rings. The van der Waals surface area contributed by atoms with Gasteiger partial charge in [0.2, 0.25) is 0 Å². The van der Waals surface area contributed by atoms with Gasteiger partial charge in [-0.15, -0.1) is 0 Å². The molecule has 0 unspecified atom stereocenters. The molecule has 18 heavy (non-hydrogen) atoms. The summed E-state index contributed by atoms with van der Waals surface area (Å²) >= 11 is 0. The van der Waals surface area contributed by atoms with Gasteiger partial charge in [-0.05, 0) is 30.7 Å². The summed E-state index contributed by atoms with van der Waals surface area (Å²) in [6.07, 6.45) is 3.54. The second-order valence-corrected chi connectivity index (χ2v) is 4.11. The maximum absolute atomic E-state index is 7.27. The highest BCUT2D eigenvalue weighted by molar-refractivity contribution is 5.94. The Morgan fingerprint density at radius 3 is 2.44 bits per heavy atom. The summed E-state index contributed by atoms with van der Waals surface area (Å²) < 4.78 is 11.0. The van der Waals surface area contributed by atoms with E-state index in [2.05, 4.69) is 6.92 Å². The van der Waals surface area contributed by atoms with Crippen molar-refractivity contribution in [3.05, 3.63) is 29.8 Å². The zero-order valence-electron chi connectivity index (χ0n) is 10.9. The Morgan fingerprint density at radius 1 is 1.11 bits per heavy atom. The van der Waals surface area contributed by atoms with E-state index in [1.165, 1.54) is 12.8 Å². The molecule has 1 rings (SSSR count). The molecule has 0 radical (unpaired) electrons. The average Bonchev–Trinajstić information content (AvgIpc) is 2.38. The smallest absolute Gasteiger partial charge is 0.122 e. The second-order valence-electron chi connectivity index (χ2n) is 4.11. The van der Waals surface area contributed by atoms with Crippen molar-refractivity contribution in [2.24, 2.45) is 5.73 Å². The second kappa shape index (κ2) is 8.53. The van der Waals surface area contributed by atoms with Gasteiger partial charge < -0.3 is 15.2 Å². The monoisotopic (exact) mass is 250 g/mol. The summed E-state index contributed by atoms with van der Waals surface area (Å²) in [5, 5.41) is 7.27. The number of rotatable bonds is 9. The molecule has 0 spiro atoms. The Kier molecular flexibility index (Phi) is 6.87. The van der Waals surface area contributed by atoms with E-state index in [-0.39, 0.29) is 5.84 Å². The van der Waals surface area contributed by atoms with Gasteiger partial charge in [0.05, 0.1) is 6.61 Å². The molecule has 1 aromatic rings.